The van der Waals surface area contributed by atoms with Crippen molar-refractivity contribution in [3.05, 3.63) is 41.6 Å². The van der Waals surface area contributed by atoms with Crippen LogP contribution in [0.3, 0.4) is 0 Å². The van der Waals surface area contributed by atoms with Crippen LogP contribution in [-0.2, 0) is 11.3 Å². The van der Waals surface area contributed by atoms with Crippen LogP contribution in [0.4, 0.5) is 10.5 Å². The predicted octanol–water partition coefficient (Wildman–Crippen LogP) is 2.75. The molecule has 1 aliphatic carbocycles. The monoisotopic (exact) mass is 328 g/mol. The summed E-state index contributed by atoms with van der Waals surface area (Å²) in [6.07, 6.45) is 2.01. The molecule has 1 amide bonds. The van der Waals surface area contributed by atoms with Gasteiger partial charge >= 0.3 is 6.09 Å². The molecule has 1 N–H and O–H groups in total. The molecule has 2 aromatic rings. The highest BCUT2D eigenvalue weighted by Crippen LogP contribution is 2.39. The molecule has 0 spiro atoms. The molecule has 7 heteroatoms. The molecule has 4 rings (SSSR count). The summed E-state index contributed by atoms with van der Waals surface area (Å²) in [6.45, 7) is 3.63. The molecule has 1 aromatic heterocycles. The fourth-order valence-electron chi connectivity index (χ4n) is 2.78. The number of hydrogen-bond donors (Lipinski definition) is 1. The van der Waals surface area contributed by atoms with E-state index in [1.807, 2.05) is 24.3 Å². The molecule has 7 nitrogen and oxygen atoms in total. The molecule has 1 aliphatic heterocycles. The summed E-state index contributed by atoms with van der Waals surface area (Å²) in [5, 5.41) is 11.6. The van der Waals surface area contributed by atoms with E-state index >= 15 is 0 Å². The number of nitrogens with zero attached hydrogens (tertiary/aromatic N) is 3. The maximum atomic E-state index is 11.7. The Bertz CT molecular complexity index is 741. The molecule has 1 aromatic carbocycles. The van der Waals surface area contributed by atoms with E-state index in [1.165, 1.54) is 0 Å². The van der Waals surface area contributed by atoms with E-state index in [0.29, 0.717) is 31.5 Å². The first kappa shape index (κ1) is 15.1. The minimum Gasteiger partial charge on any atom is -0.447 e. The van der Waals surface area contributed by atoms with Gasteiger partial charge in [-0.3, -0.25) is 4.90 Å². The quantitative estimate of drug-likeness (QED) is 0.878. The fourth-order valence-corrected chi connectivity index (χ4v) is 2.78. The van der Waals surface area contributed by atoms with E-state index in [1.54, 1.807) is 4.90 Å². The molecule has 1 atom stereocenters. The molecule has 0 bridgehead atoms. The van der Waals surface area contributed by atoms with Crippen molar-refractivity contribution in [1.29, 1.82) is 0 Å². The fraction of sp³-hybridized carbons (Fsp3) is 0.471. The molecule has 2 fully saturated rings. The Morgan fingerprint density at radius 3 is 3.00 bits per heavy atom. The van der Waals surface area contributed by atoms with Gasteiger partial charge in [0.05, 0.1) is 13.1 Å². The molecule has 1 unspecified atom stereocenters. The summed E-state index contributed by atoms with van der Waals surface area (Å²) < 4.78 is 10.7. The molecule has 1 saturated heterocycles. The van der Waals surface area contributed by atoms with Crippen molar-refractivity contribution in [3.8, 4) is 0 Å². The lowest BCUT2D eigenvalue weighted by atomic mass is 10.1. The average Bonchev–Trinajstić information content (AvgIpc) is 3.19. The summed E-state index contributed by atoms with van der Waals surface area (Å²) in [7, 11) is 0. The third kappa shape index (κ3) is 3.12. The van der Waals surface area contributed by atoms with Gasteiger partial charge in [0, 0.05) is 17.6 Å². The van der Waals surface area contributed by atoms with Crippen LogP contribution in [0, 0.1) is 0 Å². The highest BCUT2D eigenvalue weighted by Gasteiger charge is 2.29. The SMILES string of the molecule is CC(NCc1nnc(C2CC2)o1)c1cccc(N2CCOC2=O)c1. The van der Waals surface area contributed by atoms with Gasteiger partial charge in [0.15, 0.2) is 0 Å². The number of anilines is 1. The summed E-state index contributed by atoms with van der Waals surface area (Å²) in [4.78, 5) is 13.3. The Labute approximate surface area is 140 Å². The summed E-state index contributed by atoms with van der Waals surface area (Å²) in [5.74, 6) is 1.84. The number of carbonyl (C=O) groups is 1. The Hall–Kier alpha value is -2.41. The minimum absolute atomic E-state index is 0.0971. The maximum absolute atomic E-state index is 11.7. The van der Waals surface area contributed by atoms with Gasteiger partial charge in [-0.15, -0.1) is 10.2 Å². The number of benzene rings is 1. The van der Waals surface area contributed by atoms with E-state index in [-0.39, 0.29) is 12.1 Å². The van der Waals surface area contributed by atoms with E-state index in [2.05, 4.69) is 22.4 Å². The second-order valence-corrected chi connectivity index (χ2v) is 6.27. The maximum Gasteiger partial charge on any atom is 0.414 e. The minimum atomic E-state index is -0.286. The van der Waals surface area contributed by atoms with Crippen LogP contribution in [0.25, 0.3) is 0 Å². The molecular formula is C17H20N4O3. The van der Waals surface area contributed by atoms with Crippen molar-refractivity contribution in [2.45, 2.75) is 38.3 Å². The Balaban J connectivity index is 1.40. The molecule has 0 radical (unpaired) electrons. The van der Waals surface area contributed by atoms with Crippen molar-refractivity contribution in [2.24, 2.45) is 0 Å². The van der Waals surface area contributed by atoms with Crippen LogP contribution in [0.1, 0.15) is 49.1 Å². The van der Waals surface area contributed by atoms with E-state index in [9.17, 15) is 4.79 Å². The number of rotatable bonds is 6. The number of cyclic esters (lactones) is 1. The molecule has 24 heavy (non-hydrogen) atoms. The topological polar surface area (TPSA) is 80.5 Å². The number of carbonyl (C=O) groups excluding carboxylic acids is 1. The zero-order chi connectivity index (χ0) is 16.5. The Morgan fingerprint density at radius 1 is 1.38 bits per heavy atom. The Kier molecular flexibility index (Phi) is 3.93. The highest BCUT2D eigenvalue weighted by molar-refractivity contribution is 5.89. The molecule has 126 valence electrons. The van der Waals surface area contributed by atoms with Crippen LogP contribution < -0.4 is 10.2 Å². The van der Waals surface area contributed by atoms with Gasteiger partial charge in [-0.1, -0.05) is 12.1 Å². The van der Waals surface area contributed by atoms with Crippen LogP contribution in [0.5, 0.6) is 0 Å². The van der Waals surface area contributed by atoms with Crippen LogP contribution in [0.15, 0.2) is 28.7 Å². The zero-order valence-corrected chi connectivity index (χ0v) is 13.6. The van der Waals surface area contributed by atoms with Crippen LogP contribution >= 0.6 is 0 Å². The lowest BCUT2D eigenvalue weighted by Crippen LogP contribution is -2.24. The van der Waals surface area contributed by atoms with Gasteiger partial charge in [-0.05, 0) is 37.5 Å². The van der Waals surface area contributed by atoms with Gasteiger partial charge in [-0.2, -0.15) is 0 Å². The smallest absolute Gasteiger partial charge is 0.414 e. The third-order valence-corrected chi connectivity index (χ3v) is 4.41. The van der Waals surface area contributed by atoms with Crippen molar-refractivity contribution >= 4 is 11.8 Å². The highest BCUT2D eigenvalue weighted by atomic mass is 16.6. The Morgan fingerprint density at radius 2 is 2.25 bits per heavy atom. The first-order valence-corrected chi connectivity index (χ1v) is 8.30. The van der Waals surface area contributed by atoms with E-state index < -0.39 is 0 Å². The number of aromatic nitrogens is 2. The summed E-state index contributed by atoms with van der Waals surface area (Å²) in [5.41, 5.74) is 1.95. The average molecular weight is 328 g/mol. The number of nitrogens with one attached hydrogen (secondary N) is 1. The van der Waals surface area contributed by atoms with Gasteiger partial charge in [-0.25, -0.2) is 4.79 Å². The van der Waals surface area contributed by atoms with Gasteiger partial charge in [0.1, 0.15) is 6.61 Å². The normalized spacial score (nSPS) is 18.7. The first-order valence-electron chi connectivity index (χ1n) is 8.30. The largest absolute Gasteiger partial charge is 0.447 e. The van der Waals surface area contributed by atoms with Crippen molar-refractivity contribution in [1.82, 2.24) is 15.5 Å². The number of amides is 1. The number of hydrogen-bond acceptors (Lipinski definition) is 6. The van der Waals surface area contributed by atoms with Crippen LogP contribution in [-0.4, -0.2) is 29.4 Å². The summed E-state index contributed by atoms with van der Waals surface area (Å²) >= 11 is 0. The second-order valence-electron chi connectivity index (χ2n) is 6.27. The predicted molar refractivity (Wildman–Crippen MR) is 86.7 cm³/mol. The molecular weight excluding hydrogens is 308 g/mol. The molecule has 2 aliphatic rings. The first-order chi connectivity index (χ1) is 11.7. The molecule has 1 saturated carbocycles. The van der Waals surface area contributed by atoms with E-state index in [4.69, 9.17) is 9.15 Å². The molecule has 2 heterocycles. The van der Waals surface area contributed by atoms with Gasteiger partial charge < -0.3 is 14.5 Å². The lowest BCUT2D eigenvalue weighted by Gasteiger charge is -2.17. The zero-order valence-electron chi connectivity index (χ0n) is 13.6. The summed E-state index contributed by atoms with van der Waals surface area (Å²) in [6, 6.07) is 8.01. The second kappa shape index (κ2) is 6.24. The standard InChI is InChI=1S/C17H20N4O3/c1-11(18-10-15-19-20-16(24-15)12-5-6-12)13-3-2-4-14(9-13)21-7-8-23-17(21)22/h2-4,9,11-12,18H,5-8,10H2,1H3. The van der Waals surface area contributed by atoms with Crippen molar-refractivity contribution < 1.29 is 13.9 Å². The van der Waals surface area contributed by atoms with Crippen LogP contribution in [0.2, 0.25) is 0 Å². The van der Waals surface area contributed by atoms with Crippen molar-refractivity contribution in [2.75, 3.05) is 18.1 Å². The third-order valence-electron chi connectivity index (χ3n) is 4.41. The van der Waals surface area contributed by atoms with Crippen molar-refractivity contribution in [3.63, 3.8) is 0 Å². The van der Waals surface area contributed by atoms with Gasteiger partial charge in [0.25, 0.3) is 0 Å². The van der Waals surface area contributed by atoms with E-state index in [0.717, 1.165) is 30.0 Å². The lowest BCUT2D eigenvalue weighted by molar-refractivity contribution is 0.181. The number of ether oxygens (including phenoxy) is 1. The van der Waals surface area contributed by atoms with Gasteiger partial charge in [0.2, 0.25) is 11.8 Å².